The smallest absolute Gasteiger partial charge is 0.129 e. The summed E-state index contributed by atoms with van der Waals surface area (Å²) in [5.41, 5.74) is 5.69. The number of aromatic nitrogens is 1. The lowest BCUT2D eigenvalue weighted by atomic mass is 9.73. The van der Waals surface area contributed by atoms with Crippen molar-refractivity contribution in [1.82, 2.24) is 4.98 Å². The summed E-state index contributed by atoms with van der Waals surface area (Å²) in [5.74, 6) is 0.454. The van der Waals surface area contributed by atoms with Crippen LogP contribution in [0.4, 0.5) is 5.82 Å². The second-order valence-corrected chi connectivity index (χ2v) is 5.03. The van der Waals surface area contributed by atoms with E-state index in [1.165, 1.54) is 0 Å². The van der Waals surface area contributed by atoms with E-state index in [1.54, 1.807) is 6.20 Å². The molecule has 82 valence electrons. The highest BCUT2D eigenvalue weighted by molar-refractivity contribution is 5.44. The Morgan fingerprint density at radius 2 is 2.13 bits per heavy atom. The number of nitrogen functional groups attached to an aromatic ring is 1. The predicted molar refractivity (Wildman–Crippen MR) is 60.2 cm³/mol. The van der Waals surface area contributed by atoms with Crippen molar-refractivity contribution >= 4 is 5.82 Å². The van der Waals surface area contributed by atoms with Gasteiger partial charge in [-0.2, -0.15) is 0 Å². The van der Waals surface area contributed by atoms with Crippen LogP contribution in [0.1, 0.15) is 38.7 Å². The van der Waals surface area contributed by atoms with Crippen molar-refractivity contribution in [2.24, 2.45) is 5.41 Å². The van der Waals surface area contributed by atoms with Gasteiger partial charge < -0.3 is 10.8 Å². The molecule has 0 saturated heterocycles. The Morgan fingerprint density at radius 3 is 2.67 bits per heavy atom. The molecule has 0 aliphatic heterocycles. The molecule has 1 heterocycles. The van der Waals surface area contributed by atoms with Crippen molar-refractivity contribution in [3.63, 3.8) is 0 Å². The fourth-order valence-electron chi connectivity index (χ4n) is 2.60. The van der Waals surface area contributed by atoms with Gasteiger partial charge in [0, 0.05) is 11.8 Å². The van der Waals surface area contributed by atoms with Gasteiger partial charge in [0.15, 0.2) is 0 Å². The Balaban J connectivity index is 2.50. The third-order valence-corrected chi connectivity index (χ3v) is 3.74. The van der Waals surface area contributed by atoms with Gasteiger partial charge in [0.05, 0.1) is 5.60 Å². The molecule has 1 aromatic heterocycles. The van der Waals surface area contributed by atoms with Gasteiger partial charge in [-0.3, -0.25) is 0 Å². The number of anilines is 1. The van der Waals surface area contributed by atoms with Crippen LogP contribution >= 0.6 is 0 Å². The number of nitrogens with two attached hydrogens (primary N) is 1. The molecule has 3 N–H and O–H groups in total. The van der Waals surface area contributed by atoms with E-state index >= 15 is 0 Å². The van der Waals surface area contributed by atoms with Crippen molar-refractivity contribution in [2.75, 3.05) is 5.73 Å². The van der Waals surface area contributed by atoms with Gasteiger partial charge >= 0.3 is 0 Å². The fraction of sp³-hybridized carbons (Fsp3) is 0.583. The molecule has 1 unspecified atom stereocenters. The highest BCUT2D eigenvalue weighted by Gasteiger charge is 2.49. The highest BCUT2D eigenvalue weighted by atomic mass is 16.3. The van der Waals surface area contributed by atoms with Crippen LogP contribution in [0.15, 0.2) is 18.3 Å². The molecular weight excluding hydrogens is 188 g/mol. The average Bonchev–Trinajstić information content (AvgIpc) is 2.43. The minimum Gasteiger partial charge on any atom is -0.384 e. The molecule has 2 rings (SSSR count). The molecule has 1 fully saturated rings. The number of hydrogen-bond acceptors (Lipinski definition) is 3. The zero-order chi connectivity index (χ0) is 11.1. The molecule has 15 heavy (non-hydrogen) atoms. The van der Waals surface area contributed by atoms with Crippen molar-refractivity contribution in [1.29, 1.82) is 0 Å². The average molecular weight is 206 g/mol. The molecule has 0 aromatic carbocycles. The molecule has 0 spiro atoms. The molecule has 1 aromatic rings. The Morgan fingerprint density at radius 1 is 1.40 bits per heavy atom. The molecule has 1 aliphatic carbocycles. The normalized spacial score (nSPS) is 29.3. The Hall–Kier alpha value is -1.09. The summed E-state index contributed by atoms with van der Waals surface area (Å²) in [6.45, 7) is 4.18. The van der Waals surface area contributed by atoms with E-state index in [-0.39, 0.29) is 5.41 Å². The first-order valence-corrected chi connectivity index (χ1v) is 5.41. The molecular formula is C12H18N2O. The number of nitrogens with zero attached hydrogens (tertiary/aromatic N) is 1. The summed E-state index contributed by atoms with van der Waals surface area (Å²) in [6, 6.07) is 3.72. The zero-order valence-corrected chi connectivity index (χ0v) is 9.33. The minimum atomic E-state index is -0.814. The van der Waals surface area contributed by atoms with E-state index in [9.17, 15) is 5.11 Å². The van der Waals surface area contributed by atoms with Crippen molar-refractivity contribution < 1.29 is 5.11 Å². The number of aliphatic hydroxyl groups is 1. The van der Waals surface area contributed by atoms with Gasteiger partial charge in [0.2, 0.25) is 0 Å². The lowest BCUT2D eigenvalue weighted by Crippen LogP contribution is -2.37. The maximum Gasteiger partial charge on any atom is 0.129 e. The van der Waals surface area contributed by atoms with E-state index in [1.807, 2.05) is 12.1 Å². The zero-order valence-electron chi connectivity index (χ0n) is 9.33. The van der Waals surface area contributed by atoms with Crippen LogP contribution in [0.25, 0.3) is 0 Å². The van der Waals surface area contributed by atoms with Crippen LogP contribution < -0.4 is 5.73 Å². The van der Waals surface area contributed by atoms with E-state index in [0.717, 1.165) is 24.8 Å². The van der Waals surface area contributed by atoms with Crippen molar-refractivity contribution in [2.45, 2.75) is 38.7 Å². The molecule has 1 saturated carbocycles. The maximum atomic E-state index is 10.8. The molecule has 0 amide bonds. The van der Waals surface area contributed by atoms with Gasteiger partial charge in [-0.1, -0.05) is 19.9 Å². The molecule has 0 bridgehead atoms. The van der Waals surface area contributed by atoms with Gasteiger partial charge in [-0.25, -0.2) is 4.98 Å². The third kappa shape index (κ3) is 1.42. The van der Waals surface area contributed by atoms with Crippen LogP contribution in [-0.4, -0.2) is 10.1 Å². The predicted octanol–water partition coefficient (Wildman–Crippen LogP) is 2.06. The van der Waals surface area contributed by atoms with Crippen LogP contribution in [0.5, 0.6) is 0 Å². The van der Waals surface area contributed by atoms with Crippen LogP contribution in [0.3, 0.4) is 0 Å². The summed E-state index contributed by atoms with van der Waals surface area (Å²) in [5, 5.41) is 10.8. The summed E-state index contributed by atoms with van der Waals surface area (Å²) in [7, 11) is 0. The third-order valence-electron chi connectivity index (χ3n) is 3.74. The SMILES string of the molecule is CC1(C)CCCC1(O)c1cccnc1N. The standard InChI is InChI=1S/C12H18N2O/c1-11(2)6-4-7-12(11,15)9-5-3-8-14-10(9)13/h3,5,8,15H,4,6-7H2,1-2H3,(H2,13,14). The van der Waals surface area contributed by atoms with Gasteiger partial charge in [-0.15, -0.1) is 0 Å². The number of pyridine rings is 1. The summed E-state index contributed by atoms with van der Waals surface area (Å²) in [4.78, 5) is 4.05. The second kappa shape index (κ2) is 3.20. The topological polar surface area (TPSA) is 59.1 Å². The first kappa shape index (κ1) is 10.4. The lowest BCUT2D eigenvalue weighted by Gasteiger charge is -2.37. The number of hydrogen-bond donors (Lipinski definition) is 2. The van der Waals surface area contributed by atoms with Crippen LogP contribution in [0, 0.1) is 5.41 Å². The van der Waals surface area contributed by atoms with Crippen LogP contribution in [-0.2, 0) is 5.60 Å². The van der Waals surface area contributed by atoms with Crippen LogP contribution in [0.2, 0.25) is 0 Å². The number of rotatable bonds is 1. The summed E-state index contributed by atoms with van der Waals surface area (Å²) >= 11 is 0. The maximum absolute atomic E-state index is 10.8. The van der Waals surface area contributed by atoms with Gasteiger partial charge in [-0.05, 0) is 30.7 Å². The van der Waals surface area contributed by atoms with E-state index < -0.39 is 5.60 Å². The fourth-order valence-corrected chi connectivity index (χ4v) is 2.60. The Bertz CT molecular complexity index is 376. The highest BCUT2D eigenvalue weighted by Crippen LogP contribution is 2.52. The van der Waals surface area contributed by atoms with Gasteiger partial charge in [0.1, 0.15) is 5.82 Å². The molecule has 3 heteroatoms. The minimum absolute atomic E-state index is 0.121. The lowest BCUT2D eigenvalue weighted by molar-refractivity contribution is -0.0480. The molecule has 0 radical (unpaired) electrons. The van der Waals surface area contributed by atoms with Gasteiger partial charge in [0.25, 0.3) is 0 Å². The summed E-state index contributed by atoms with van der Waals surface area (Å²) in [6.07, 6.45) is 4.50. The first-order chi connectivity index (χ1) is 6.97. The van der Waals surface area contributed by atoms with Crippen molar-refractivity contribution in [3.05, 3.63) is 23.9 Å². The van der Waals surface area contributed by atoms with E-state index in [0.29, 0.717) is 5.82 Å². The monoisotopic (exact) mass is 206 g/mol. The molecule has 1 atom stereocenters. The Labute approximate surface area is 90.3 Å². The quantitative estimate of drug-likeness (QED) is 0.739. The van der Waals surface area contributed by atoms with E-state index in [2.05, 4.69) is 18.8 Å². The summed E-state index contributed by atoms with van der Waals surface area (Å²) < 4.78 is 0. The Kier molecular flexibility index (Phi) is 2.23. The second-order valence-electron chi connectivity index (χ2n) is 5.03. The largest absolute Gasteiger partial charge is 0.384 e. The first-order valence-electron chi connectivity index (χ1n) is 5.41. The van der Waals surface area contributed by atoms with Crippen molar-refractivity contribution in [3.8, 4) is 0 Å². The molecule has 3 nitrogen and oxygen atoms in total. The molecule has 1 aliphatic rings. The van der Waals surface area contributed by atoms with E-state index in [4.69, 9.17) is 5.73 Å².